The molecule has 4 heteroatoms. The van der Waals surface area contributed by atoms with Crippen molar-refractivity contribution < 1.29 is 0 Å². The second-order valence-electron chi connectivity index (χ2n) is 14.8. The number of nitrogens with zero attached hydrogens (tertiary/aromatic N) is 2. The van der Waals surface area contributed by atoms with Gasteiger partial charge in [0.25, 0.3) is 6.71 Å². The summed E-state index contributed by atoms with van der Waals surface area (Å²) in [5.74, 6) is 0. The van der Waals surface area contributed by atoms with Crippen LogP contribution in [0.2, 0.25) is 0 Å². The number of anilines is 6. The molecule has 2 aliphatic rings. The Morgan fingerprint density at radius 1 is 0.444 bits per heavy atom. The van der Waals surface area contributed by atoms with E-state index in [2.05, 4.69) is 177 Å². The minimum absolute atomic E-state index is 0.119. The van der Waals surface area contributed by atoms with Crippen LogP contribution in [-0.2, 0) is 25.7 Å². The van der Waals surface area contributed by atoms with Gasteiger partial charge in [-0.25, -0.2) is 0 Å². The third-order valence-corrected chi connectivity index (χ3v) is 13.1. The Kier molecular flexibility index (Phi) is 8.00. The summed E-state index contributed by atoms with van der Waals surface area (Å²) in [6.07, 6.45) is 4.01. The molecule has 0 fully saturated rings. The number of thiophene rings is 1. The predicted octanol–water partition coefficient (Wildman–Crippen LogP) is 12.1. The van der Waals surface area contributed by atoms with Gasteiger partial charge in [0.05, 0.1) is 5.69 Å². The standard InChI is InChI=1S/C50H43BN2S/c1-5-32-16-22-37(23-17-32)52-44-25-19-34(7-3)29-41(44)51-42-30-35(8-4)20-26-45(42)53(47-14-11-13-46(52)50(47)51)43-24-18-33(6-2)28-39(43)36-21-27-49-40(31-36)38-12-9-10-15-48(38)54-49/h9-31H,5-8H2,1-4H3. The molecule has 0 unspecified atom stereocenters. The Morgan fingerprint density at radius 3 is 1.70 bits per heavy atom. The van der Waals surface area contributed by atoms with Crippen molar-refractivity contribution >= 4 is 88.7 Å². The van der Waals surface area contributed by atoms with Gasteiger partial charge in [0.1, 0.15) is 0 Å². The van der Waals surface area contributed by atoms with Crippen LogP contribution in [0.4, 0.5) is 34.1 Å². The van der Waals surface area contributed by atoms with Gasteiger partial charge in [-0.3, -0.25) is 0 Å². The van der Waals surface area contributed by atoms with Crippen molar-refractivity contribution in [1.29, 1.82) is 0 Å². The first kappa shape index (κ1) is 33.0. The second kappa shape index (κ2) is 13.1. The zero-order chi connectivity index (χ0) is 36.5. The fourth-order valence-electron chi connectivity index (χ4n) is 9.02. The van der Waals surface area contributed by atoms with Crippen molar-refractivity contribution in [2.24, 2.45) is 0 Å². The van der Waals surface area contributed by atoms with E-state index in [9.17, 15) is 0 Å². The lowest BCUT2D eigenvalue weighted by molar-refractivity contribution is 1.13. The molecule has 0 atom stereocenters. The Morgan fingerprint density at radius 2 is 1.02 bits per heavy atom. The van der Waals surface area contributed by atoms with Crippen LogP contribution >= 0.6 is 11.3 Å². The maximum absolute atomic E-state index is 2.59. The molecule has 2 nitrogen and oxygen atoms in total. The molecule has 54 heavy (non-hydrogen) atoms. The molecule has 1 aromatic heterocycles. The van der Waals surface area contributed by atoms with Gasteiger partial charge in [0.15, 0.2) is 0 Å². The van der Waals surface area contributed by atoms with Gasteiger partial charge in [-0.1, -0.05) is 100 Å². The van der Waals surface area contributed by atoms with Crippen LogP contribution < -0.4 is 26.2 Å². The molecule has 0 amide bonds. The van der Waals surface area contributed by atoms with Gasteiger partial charge in [-0.15, -0.1) is 11.3 Å². The molecular weight excluding hydrogens is 671 g/mol. The van der Waals surface area contributed by atoms with Gasteiger partial charge < -0.3 is 9.80 Å². The number of hydrogen-bond acceptors (Lipinski definition) is 3. The molecule has 0 aliphatic carbocycles. The minimum Gasteiger partial charge on any atom is -0.311 e. The highest BCUT2D eigenvalue weighted by atomic mass is 32.1. The van der Waals surface area contributed by atoms with Gasteiger partial charge in [0, 0.05) is 54.2 Å². The van der Waals surface area contributed by atoms with Gasteiger partial charge in [-0.2, -0.15) is 0 Å². The number of fused-ring (bicyclic) bond motifs is 7. The summed E-state index contributed by atoms with van der Waals surface area (Å²) in [4.78, 5) is 5.11. The zero-order valence-corrected chi connectivity index (χ0v) is 32.3. The molecule has 8 aromatic rings. The van der Waals surface area contributed by atoms with Gasteiger partial charge in [-0.05, 0) is 137 Å². The Labute approximate surface area is 323 Å². The number of aryl methyl sites for hydroxylation is 4. The highest BCUT2D eigenvalue weighted by Gasteiger charge is 2.43. The molecule has 2 aliphatic heterocycles. The summed E-state index contributed by atoms with van der Waals surface area (Å²) in [6, 6.07) is 53.7. The van der Waals surface area contributed by atoms with Crippen LogP contribution in [0, 0.1) is 0 Å². The molecule has 0 saturated heterocycles. The van der Waals surface area contributed by atoms with E-state index in [1.54, 1.807) is 0 Å². The van der Waals surface area contributed by atoms with E-state index in [0.717, 1.165) is 25.7 Å². The van der Waals surface area contributed by atoms with E-state index < -0.39 is 0 Å². The van der Waals surface area contributed by atoms with Crippen molar-refractivity contribution in [1.82, 2.24) is 0 Å². The van der Waals surface area contributed by atoms with E-state index in [4.69, 9.17) is 0 Å². The third-order valence-electron chi connectivity index (χ3n) is 11.9. The van der Waals surface area contributed by atoms with E-state index in [0.29, 0.717) is 0 Å². The normalized spacial score (nSPS) is 13.0. The summed E-state index contributed by atoms with van der Waals surface area (Å²) in [7, 11) is 0. The molecule has 0 radical (unpaired) electrons. The lowest BCUT2D eigenvalue weighted by Gasteiger charge is -2.44. The number of benzene rings is 7. The average Bonchev–Trinajstić information content (AvgIpc) is 3.61. The molecule has 0 spiro atoms. The smallest absolute Gasteiger partial charge is 0.252 e. The quantitative estimate of drug-likeness (QED) is 0.152. The monoisotopic (exact) mass is 714 g/mol. The second-order valence-corrected chi connectivity index (χ2v) is 15.9. The largest absolute Gasteiger partial charge is 0.311 e. The van der Waals surface area contributed by atoms with Crippen molar-refractivity contribution in [3.63, 3.8) is 0 Å². The van der Waals surface area contributed by atoms with E-state index in [1.807, 2.05) is 11.3 Å². The van der Waals surface area contributed by atoms with Crippen LogP contribution in [0.25, 0.3) is 31.3 Å². The summed E-state index contributed by atoms with van der Waals surface area (Å²) >= 11 is 1.88. The van der Waals surface area contributed by atoms with Crippen LogP contribution in [0.15, 0.2) is 140 Å². The summed E-state index contributed by atoms with van der Waals surface area (Å²) < 4.78 is 2.67. The lowest BCUT2D eigenvalue weighted by atomic mass is 9.33. The first-order valence-corrected chi connectivity index (χ1v) is 20.5. The molecule has 0 bridgehead atoms. The molecule has 10 rings (SSSR count). The number of rotatable bonds is 7. The molecule has 7 aromatic carbocycles. The average molecular weight is 715 g/mol. The van der Waals surface area contributed by atoms with Crippen LogP contribution in [-0.4, -0.2) is 6.71 Å². The lowest BCUT2D eigenvalue weighted by Crippen LogP contribution is -2.61. The third kappa shape index (κ3) is 5.07. The topological polar surface area (TPSA) is 6.48 Å². The first-order chi connectivity index (χ1) is 26.6. The van der Waals surface area contributed by atoms with Crippen LogP contribution in [0.5, 0.6) is 0 Å². The van der Waals surface area contributed by atoms with Gasteiger partial charge >= 0.3 is 0 Å². The molecular formula is C50H43BN2S. The summed E-state index contributed by atoms with van der Waals surface area (Å²) in [6.45, 7) is 9.16. The Balaban J connectivity index is 1.26. The molecule has 3 heterocycles. The SMILES string of the molecule is CCc1ccc(N2c3ccc(CC)cc3B3c4cc(CC)ccc4N(c4ccc(CC)cc4-c4ccc5sc6ccccc6c5c4)c4cccc2c43)cc1. The maximum Gasteiger partial charge on any atom is 0.252 e. The summed E-state index contributed by atoms with van der Waals surface area (Å²) in [5, 5.41) is 2.66. The predicted molar refractivity (Wildman–Crippen MR) is 236 cm³/mol. The highest BCUT2D eigenvalue weighted by molar-refractivity contribution is 7.25. The molecule has 262 valence electrons. The van der Waals surface area contributed by atoms with E-state index in [1.165, 1.54) is 104 Å². The molecule has 0 saturated carbocycles. The van der Waals surface area contributed by atoms with E-state index in [-0.39, 0.29) is 6.71 Å². The first-order valence-electron chi connectivity index (χ1n) is 19.7. The van der Waals surface area contributed by atoms with Crippen molar-refractivity contribution in [3.05, 3.63) is 162 Å². The van der Waals surface area contributed by atoms with Crippen molar-refractivity contribution in [2.75, 3.05) is 9.80 Å². The van der Waals surface area contributed by atoms with Crippen LogP contribution in [0.1, 0.15) is 49.9 Å². The fraction of sp³-hybridized carbons (Fsp3) is 0.160. The minimum atomic E-state index is 0.119. The summed E-state index contributed by atoms with van der Waals surface area (Å²) in [5.41, 5.74) is 19.6. The number of hydrogen-bond donors (Lipinski definition) is 0. The van der Waals surface area contributed by atoms with Crippen LogP contribution in [0.3, 0.4) is 0 Å². The Hall–Kier alpha value is -5.58. The van der Waals surface area contributed by atoms with E-state index >= 15 is 0 Å². The highest BCUT2D eigenvalue weighted by Crippen LogP contribution is 2.47. The zero-order valence-electron chi connectivity index (χ0n) is 31.5. The Bertz CT molecular complexity index is 2740. The maximum atomic E-state index is 2.59. The fourth-order valence-corrected chi connectivity index (χ4v) is 10.1. The van der Waals surface area contributed by atoms with Crippen molar-refractivity contribution in [3.8, 4) is 11.1 Å². The van der Waals surface area contributed by atoms with Crippen molar-refractivity contribution in [2.45, 2.75) is 53.4 Å². The molecule has 0 N–H and O–H groups in total. The van der Waals surface area contributed by atoms with Gasteiger partial charge in [0.2, 0.25) is 0 Å².